The quantitative estimate of drug-likeness (QED) is 0.776. The SMILES string of the molecule is O=C1COc2c(Cc3cc4cccc5c4n(c3=O)CCC5)cccc2N1. The second kappa shape index (κ2) is 5.73. The summed E-state index contributed by atoms with van der Waals surface area (Å²) in [5.74, 6) is 0.511. The van der Waals surface area contributed by atoms with Crippen molar-refractivity contribution in [3.8, 4) is 5.75 Å². The van der Waals surface area contributed by atoms with Gasteiger partial charge < -0.3 is 14.6 Å². The molecular formula is C21H18N2O3. The average molecular weight is 346 g/mol. The number of para-hydroxylation sites is 2. The lowest BCUT2D eigenvalue weighted by Gasteiger charge is -2.22. The highest BCUT2D eigenvalue weighted by molar-refractivity contribution is 5.95. The molecule has 26 heavy (non-hydrogen) atoms. The van der Waals surface area contributed by atoms with Gasteiger partial charge in [-0.05, 0) is 35.9 Å². The molecule has 0 saturated carbocycles. The Morgan fingerprint density at radius 3 is 2.88 bits per heavy atom. The Balaban J connectivity index is 1.64. The van der Waals surface area contributed by atoms with E-state index in [-0.39, 0.29) is 18.1 Å². The number of carbonyl (C=O) groups excluding carboxylic acids is 1. The van der Waals surface area contributed by atoms with Crippen molar-refractivity contribution in [2.45, 2.75) is 25.8 Å². The second-order valence-electron chi connectivity index (χ2n) is 6.89. The Hall–Kier alpha value is -3.08. The number of hydrogen-bond acceptors (Lipinski definition) is 3. The number of fused-ring (bicyclic) bond motifs is 1. The molecule has 0 unspecified atom stereocenters. The molecule has 3 heterocycles. The molecule has 5 nitrogen and oxygen atoms in total. The van der Waals surface area contributed by atoms with E-state index >= 15 is 0 Å². The highest BCUT2D eigenvalue weighted by Crippen LogP contribution is 2.33. The zero-order valence-electron chi connectivity index (χ0n) is 14.2. The summed E-state index contributed by atoms with van der Waals surface area (Å²) in [5.41, 5.74) is 4.74. The fourth-order valence-corrected chi connectivity index (χ4v) is 4.07. The molecule has 2 aromatic carbocycles. The minimum Gasteiger partial charge on any atom is -0.481 e. The van der Waals surface area contributed by atoms with Crippen LogP contribution in [0.25, 0.3) is 10.9 Å². The van der Waals surface area contributed by atoms with Gasteiger partial charge in [0.1, 0.15) is 5.75 Å². The number of rotatable bonds is 2. The number of aryl methyl sites for hydroxylation is 2. The van der Waals surface area contributed by atoms with Crippen molar-refractivity contribution >= 4 is 22.5 Å². The van der Waals surface area contributed by atoms with Gasteiger partial charge in [-0.2, -0.15) is 0 Å². The maximum Gasteiger partial charge on any atom is 0.262 e. The smallest absolute Gasteiger partial charge is 0.262 e. The van der Waals surface area contributed by atoms with Gasteiger partial charge in [-0.25, -0.2) is 0 Å². The van der Waals surface area contributed by atoms with Gasteiger partial charge in [0, 0.05) is 24.1 Å². The van der Waals surface area contributed by atoms with Crippen LogP contribution in [0.5, 0.6) is 5.75 Å². The Kier molecular flexibility index (Phi) is 3.35. The fourth-order valence-electron chi connectivity index (χ4n) is 4.07. The Labute approximate surface area is 150 Å². The van der Waals surface area contributed by atoms with Gasteiger partial charge in [-0.15, -0.1) is 0 Å². The van der Waals surface area contributed by atoms with E-state index in [9.17, 15) is 9.59 Å². The molecule has 0 fully saturated rings. The lowest BCUT2D eigenvalue weighted by molar-refractivity contribution is -0.118. The van der Waals surface area contributed by atoms with Crippen LogP contribution in [0, 0.1) is 0 Å². The summed E-state index contributed by atoms with van der Waals surface area (Å²) in [4.78, 5) is 24.6. The number of ether oxygens (including phenoxy) is 1. The maximum absolute atomic E-state index is 13.1. The number of nitrogens with one attached hydrogen (secondary N) is 1. The number of aromatic nitrogens is 1. The molecule has 0 radical (unpaired) electrons. The first-order valence-corrected chi connectivity index (χ1v) is 8.89. The number of carbonyl (C=O) groups is 1. The third-order valence-corrected chi connectivity index (χ3v) is 5.20. The first-order chi connectivity index (χ1) is 12.7. The van der Waals surface area contributed by atoms with Crippen LogP contribution in [0.1, 0.15) is 23.1 Å². The summed E-state index contributed by atoms with van der Waals surface area (Å²) >= 11 is 0. The summed E-state index contributed by atoms with van der Waals surface area (Å²) in [6, 6.07) is 13.9. The summed E-state index contributed by atoms with van der Waals surface area (Å²) in [7, 11) is 0. The van der Waals surface area contributed by atoms with E-state index in [1.807, 2.05) is 28.8 Å². The van der Waals surface area contributed by atoms with Crippen molar-refractivity contribution in [1.82, 2.24) is 4.57 Å². The number of anilines is 1. The molecule has 2 aliphatic heterocycles. The van der Waals surface area contributed by atoms with Gasteiger partial charge >= 0.3 is 0 Å². The van der Waals surface area contributed by atoms with Crippen LogP contribution in [-0.2, 0) is 24.2 Å². The average Bonchev–Trinajstić information content (AvgIpc) is 2.66. The zero-order valence-corrected chi connectivity index (χ0v) is 14.2. The molecule has 3 aromatic rings. The summed E-state index contributed by atoms with van der Waals surface area (Å²) in [5, 5.41) is 3.93. The number of nitrogens with zero attached hydrogens (tertiary/aromatic N) is 1. The first kappa shape index (κ1) is 15.2. The molecule has 0 atom stereocenters. The molecule has 0 spiro atoms. The minimum atomic E-state index is -0.155. The molecule has 130 valence electrons. The van der Waals surface area contributed by atoms with E-state index in [0.29, 0.717) is 17.9 Å². The number of amides is 1. The van der Waals surface area contributed by atoms with Crippen LogP contribution in [-0.4, -0.2) is 17.1 Å². The van der Waals surface area contributed by atoms with Crippen molar-refractivity contribution in [3.63, 3.8) is 0 Å². The highest BCUT2D eigenvalue weighted by atomic mass is 16.5. The predicted molar refractivity (Wildman–Crippen MR) is 99.9 cm³/mol. The van der Waals surface area contributed by atoms with Gasteiger partial charge in [-0.3, -0.25) is 9.59 Å². The van der Waals surface area contributed by atoms with Crippen molar-refractivity contribution in [3.05, 3.63) is 69.5 Å². The Bertz CT molecular complexity index is 1110. The van der Waals surface area contributed by atoms with E-state index < -0.39 is 0 Å². The summed E-state index contributed by atoms with van der Waals surface area (Å²) in [6.07, 6.45) is 2.50. The van der Waals surface area contributed by atoms with Crippen molar-refractivity contribution in [2.75, 3.05) is 11.9 Å². The van der Waals surface area contributed by atoms with Gasteiger partial charge in [-0.1, -0.05) is 30.3 Å². The van der Waals surface area contributed by atoms with Gasteiger partial charge in [0.2, 0.25) is 0 Å². The lowest BCUT2D eigenvalue weighted by atomic mass is 9.97. The van der Waals surface area contributed by atoms with Crippen LogP contribution in [0.3, 0.4) is 0 Å². The van der Waals surface area contributed by atoms with Gasteiger partial charge in [0.15, 0.2) is 6.61 Å². The van der Waals surface area contributed by atoms with Gasteiger partial charge in [0.05, 0.1) is 11.2 Å². The van der Waals surface area contributed by atoms with E-state index in [2.05, 4.69) is 23.5 Å². The standard InChI is InChI=1S/C21H18N2O3/c24-18-12-26-20-15(6-2-8-17(20)22-18)11-16-10-14-5-1-4-13-7-3-9-23(19(13)14)21(16)25/h1-2,4-6,8,10H,3,7,9,11-12H2,(H,22,24). The largest absolute Gasteiger partial charge is 0.481 e. The summed E-state index contributed by atoms with van der Waals surface area (Å²) in [6.45, 7) is 0.773. The Morgan fingerprint density at radius 2 is 1.96 bits per heavy atom. The fraction of sp³-hybridized carbons (Fsp3) is 0.238. The first-order valence-electron chi connectivity index (χ1n) is 8.89. The molecule has 5 rings (SSSR count). The number of benzene rings is 2. The number of pyridine rings is 1. The van der Waals surface area contributed by atoms with Crippen molar-refractivity contribution in [1.29, 1.82) is 0 Å². The topological polar surface area (TPSA) is 60.3 Å². The highest BCUT2D eigenvalue weighted by Gasteiger charge is 2.21. The second-order valence-corrected chi connectivity index (χ2v) is 6.89. The third kappa shape index (κ3) is 2.31. The van der Waals surface area contributed by atoms with Crippen molar-refractivity contribution < 1.29 is 9.53 Å². The molecule has 0 aliphatic carbocycles. The molecule has 5 heteroatoms. The molecule has 0 bridgehead atoms. The van der Waals surface area contributed by atoms with Crippen LogP contribution in [0.2, 0.25) is 0 Å². The molecular weight excluding hydrogens is 328 g/mol. The van der Waals surface area contributed by atoms with E-state index in [4.69, 9.17) is 4.74 Å². The lowest BCUT2D eigenvalue weighted by Crippen LogP contribution is -2.28. The molecule has 0 saturated heterocycles. The van der Waals surface area contributed by atoms with Crippen LogP contribution in [0.4, 0.5) is 5.69 Å². The Morgan fingerprint density at radius 1 is 1.08 bits per heavy atom. The summed E-state index contributed by atoms with van der Waals surface area (Å²) < 4.78 is 7.55. The molecule has 1 amide bonds. The van der Waals surface area contributed by atoms with Gasteiger partial charge in [0.25, 0.3) is 11.5 Å². The normalized spacial score (nSPS) is 15.3. The molecule has 1 N–H and O–H groups in total. The van der Waals surface area contributed by atoms with E-state index in [1.54, 1.807) is 0 Å². The van der Waals surface area contributed by atoms with E-state index in [1.165, 1.54) is 5.56 Å². The third-order valence-electron chi connectivity index (χ3n) is 5.20. The maximum atomic E-state index is 13.1. The zero-order chi connectivity index (χ0) is 17.7. The van der Waals surface area contributed by atoms with Crippen LogP contribution in [0.15, 0.2) is 47.3 Å². The molecule has 2 aliphatic rings. The van der Waals surface area contributed by atoms with Crippen LogP contribution < -0.4 is 15.6 Å². The van der Waals surface area contributed by atoms with Crippen molar-refractivity contribution in [2.24, 2.45) is 0 Å². The van der Waals surface area contributed by atoms with Crippen LogP contribution >= 0.6 is 0 Å². The predicted octanol–water partition coefficient (Wildman–Crippen LogP) is 2.87. The monoisotopic (exact) mass is 346 g/mol. The minimum absolute atomic E-state index is 0.00925. The molecule has 1 aromatic heterocycles. The van der Waals surface area contributed by atoms with E-state index in [0.717, 1.165) is 41.4 Å². The number of hydrogen-bond donors (Lipinski definition) is 1.